The molecule has 1 aromatic heterocycles. The van der Waals surface area contributed by atoms with E-state index in [-0.39, 0.29) is 5.91 Å². The molecule has 4 heteroatoms. The molecule has 0 saturated heterocycles. The fraction of sp³-hybridized carbons (Fsp3) is 0.583. The van der Waals surface area contributed by atoms with Crippen LogP contribution in [-0.2, 0) is 17.9 Å². The summed E-state index contributed by atoms with van der Waals surface area (Å²) in [6, 6.07) is 2.18. The van der Waals surface area contributed by atoms with Gasteiger partial charge in [0.1, 0.15) is 0 Å². The Morgan fingerprint density at radius 2 is 2.12 bits per heavy atom. The molecule has 0 radical (unpaired) electrons. The average molecular weight is 223 g/mol. The first-order valence-electron chi connectivity index (χ1n) is 5.67. The van der Waals surface area contributed by atoms with Crippen molar-refractivity contribution in [3.05, 3.63) is 23.0 Å². The summed E-state index contributed by atoms with van der Waals surface area (Å²) < 4.78 is 2.27. The van der Waals surface area contributed by atoms with Crippen LogP contribution in [0.2, 0.25) is 0 Å². The zero-order valence-corrected chi connectivity index (χ0v) is 10.6. The Morgan fingerprint density at radius 1 is 1.44 bits per heavy atom. The molecule has 90 valence electrons. The molecule has 0 unspecified atom stereocenters. The summed E-state index contributed by atoms with van der Waals surface area (Å²) in [5.41, 5.74) is 3.82. The lowest BCUT2D eigenvalue weighted by molar-refractivity contribution is -0.119. The largest absolute Gasteiger partial charge is 0.358 e. The van der Waals surface area contributed by atoms with E-state index in [4.69, 9.17) is 0 Å². The normalized spacial score (nSPS) is 10.5. The number of carbonyl (C=O) groups excluding carboxylic acids is 1. The van der Waals surface area contributed by atoms with Gasteiger partial charge in [0.25, 0.3) is 0 Å². The highest BCUT2D eigenvalue weighted by Gasteiger charge is 2.07. The van der Waals surface area contributed by atoms with Crippen LogP contribution in [0.1, 0.15) is 23.9 Å². The second-order valence-electron chi connectivity index (χ2n) is 3.92. The number of amides is 1. The van der Waals surface area contributed by atoms with E-state index < -0.39 is 0 Å². The number of hydrogen-bond acceptors (Lipinski definition) is 2. The molecule has 4 nitrogen and oxygen atoms in total. The van der Waals surface area contributed by atoms with Crippen molar-refractivity contribution >= 4 is 5.91 Å². The minimum atomic E-state index is 0.0179. The van der Waals surface area contributed by atoms with E-state index in [9.17, 15) is 4.79 Å². The van der Waals surface area contributed by atoms with Gasteiger partial charge in [-0.25, -0.2) is 0 Å². The Bertz CT molecular complexity index is 369. The highest BCUT2D eigenvalue weighted by atomic mass is 16.1. The van der Waals surface area contributed by atoms with Gasteiger partial charge in [0, 0.05) is 31.5 Å². The first-order chi connectivity index (χ1) is 7.60. The maximum Gasteiger partial charge on any atom is 0.233 e. The lowest BCUT2D eigenvalue weighted by Gasteiger charge is -2.06. The van der Waals surface area contributed by atoms with Crippen molar-refractivity contribution in [2.75, 3.05) is 13.6 Å². The van der Waals surface area contributed by atoms with E-state index in [1.54, 1.807) is 7.05 Å². The molecule has 0 saturated carbocycles. The van der Waals surface area contributed by atoms with Gasteiger partial charge in [-0.1, -0.05) is 0 Å². The Morgan fingerprint density at radius 3 is 2.62 bits per heavy atom. The van der Waals surface area contributed by atoms with E-state index in [2.05, 4.69) is 42.0 Å². The molecule has 0 aliphatic carbocycles. The van der Waals surface area contributed by atoms with Crippen molar-refractivity contribution in [1.82, 2.24) is 15.2 Å². The summed E-state index contributed by atoms with van der Waals surface area (Å²) in [6.07, 6.45) is 0. The number of hydrogen-bond donors (Lipinski definition) is 2. The van der Waals surface area contributed by atoms with E-state index in [1.807, 2.05) is 0 Å². The van der Waals surface area contributed by atoms with Gasteiger partial charge >= 0.3 is 0 Å². The summed E-state index contributed by atoms with van der Waals surface area (Å²) in [7, 11) is 1.65. The number of nitrogens with one attached hydrogen (secondary N) is 2. The van der Waals surface area contributed by atoms with Crippen molar-refractivity contribution < 1.29 is 4.79 Å². The first kappa shape index (κ1) is 12.8. The van der Waals surface area contributed by atoms with Gasteiger partial charge in [-0.05, 0) is 32.4 Å². The monoisotopic (exact) mass is 223 g/mol. The Kier molecular flexibility index (Phi) is 4.55. The van der Waals surface area contributed by atoms with Gasteiger partial charge in [-0.2, -0.15) is 0 Å². The number of carbonyl (C=O) groups is 1. The molecule has 0 spiro atoms. The molecule has 1 heterocycles. The van der Waals surface area contributed by atoms with Crippen LogP contribution in [0.3, 0.4) is 0 Å². The minimum Gasteiger partial charge on any atom is -0.358 e. The number of aromatic nitrogens is 1. The third kappa shape index (κ3) is 2.85. The fourth-order valence-electron chi connectivity index (χ4n) is 1.94. The van der Waals surface area contributed by atoms with Gasteiger partial charge in [0.15, 0.2) is 0 Å². The zero-order chi connectivity index (χ0) is 12.1. The van der Waals surface area contributed by atoms with E-state index in [0.717, 1.165) is 13.1 Å². The Labute approximate surface area is 97.0 Å². The first-order valence-corrected chi connectivity index (χ1v) is 5.67. The van der Waals surface area contributed by atoms with Gasteiger partial charge in [-0.3, -0.25) is 4.79 Å². The molecule has 0 fully saturated rings. The average Bonchev–Trinajstić information content (AvgIpc) is 2.53. The second kappa shape index (κ2) is 5.70. The number of rotatable bonds is 5. The third-order valence-electron chi connectivity index (χ3n) is 2.87. The van der Waals surface area contributed by atoms with E-state index in [0.29, 0.717) is 6.54 Å². The van der Waals surface area contributed by atoms with Crippen molar-refractivity contribution in [2.45, 2.75) is 33.9 Å². The molecule has 0 aromatic carbocycles. The Hall–Kier alpha value is -1.29. The topological polar surface area (TPSA) is 46.1 Å². The molecular weight excluding hydrogens is 202 g/mol. The lowest BCUT2D eigenvalue weighted by Crippen LogP contribution is -2.31. The minimum absolute atomic E-state index is 0.0179. The Balaban J connectivity index is 2.58. The maximum atomic E-state index is 11.0. The fourth-order valence-corrected chi connectivity index (χ4v) is 1.94. The molecule has 1 amide bonds. The molecule has 0 atom stereocenters. The van der Waals surface area contributed by atoms with E-state index in [1.165, 1.54) is 17.0 Å². The highest BCUT2D eigenvalue weighted by molar-refractivity contribution is 5.77. The molecule has 16 heavy (non-hydrogen) atoms. The molecule has 0 bridgehead atoms. The molecular formula is C12H21N3O. The van der Waals surface area contributed by atoms with Gasteiger partial charge < -0.3 is 15.2 Å². The van der Waals surface area contributed by atoms with Crippen LogP contribution in [-0.4, -0.2) is 24.1 Å². The molecule has 0 aliphatic heterocycles. The van der Waals surface area contributed by atoms with Crippen LogP contribution in [0.4, 0.5) is 0 Å². The SMILES string of the molecule is CCn1c(C)cc(CNCC(=O)NC)c1C. The summed E-state index contributed by atoms with van der Waals surface area (Å²) in [5.74, 6) is 0.0179. The molecule has 2 N–H and O–H groups in total. The van der Waals surface area contributed by atoms with Crippen molar-refractivity contribution in [3.8, 4) is 0 Å². The van der Waals surface area contributed by atoms with Gasteiger partial charge in [-0.15, -0.1) is 0 Å². The standard InChI is InChI=1S/C12H21N3O/c1-5-15-9(2)6-11(10(15)3)7-14-8-12(16)13-4/h6,14H,5,7-8H2,1-4H3,(H,13,16). The zero-order valence-electron chi connectivity index (χ0n) is 10.6. The van der Waals surface area contributed by atoms with Crippen LogP contribution in [0.5, 0.6) is 0 Å². The van der Waals surface area contributed by atoms with Crippen LogP contribution in [0.25, 0.3) is 0 Å². The van der Waals surface area contributed by atoms with Crippen LogP contribution in [0.15, 0.2) is 6.07 Å². The molecule has 0 aliphatic rings. The van der Waals surface area contributed by atoms with Crippen molar-refractivity contribution in [1.29, 1.82) is 0 Å². The third-order valence-corrected chi connectivity index (χ3v) is 2.87. The molecule has 1 aromatic rings. The summed E-state index contributed by atoms with van der Waals surface area (Å²) in [5, 5.41) is 5.72. The summed E-state index contributed by atoms with van der Waals surface area (Å²) in [6.45, 7) is 8.47. The van der Waals surface area contributed by atoms with Crippen molar-refractivity contribution in [2.24, 2.45) is 0 Å². The lowest BCUT2D eigenvalue weighted by atomic mass is 10.2. The smallest absolute Gasteiger partial charge is 0.233 e. The van der Waals surface area contributed by atoms with Crippen LogP contribution >= 0.6 is 0 Å². The second-order valence-corrected chi connectivity index (χ2v) is 3.92. The van der Waals surface area contributed by atoms with Crippen LogP contribution in [0, 0.1) is 13.8 Å². The van der Waals surface area contributed by atoms with E-state index >= 15 is 0 Å². The predicted molar refractivity (Wildman–Crippen MR) is 65.4 cm³/mol. The number of likely N-dealkylation sites (N-methyl/N-ethyl adjacent to an activating group) is 1. The molecule has 1 rings (SSSR count). The van der Waals surface area contributed by atoms with Gasteiger partial charge in [0.05, 0.1) is 6.54 Å². The summed E-state index contributed by atoms with van der Waals surface area (Å²) >= 11 is 0. The quantitative estimate of drug-likeness (QED) is 0.781. The summed E-state index contributed by atoms with van der Waals surface area (Å²) in [4.78, 5) is 11.0. The number of aryl methyl sites for hydroxylation is 1. The van der Waals surface area contributed by atoms with Gasteiger partial charge in [0.2, 0.25) is 5.91 Å². The highest BCUT2D eigenvalue weighted by Crippen LogP contribution is 2.14. The van der Waals surface area contributed by atoms with Crippen molar-refractivity contribution in [3.63, 3.8) is 0 Å². The predicted octanol–water partition coefficient (Wildman–Crippen LogP) is 0.960. The maximum absolute atomic E-state index is 11.0. The number of nitrogens with zero attached hydrogens (tertiary/aromatic N) is 1. The van der Waals surface area contributed by atoms with Crippen LogP contribution < -0.4 is 10.6 Å².